The summed E-state index contributed by atoms with van der Waals surface area (Å²) in [4.78, 5) is 0. The van der Waals surface area contributed by atoms with E-state index in [1.165, 1.54) is 41.3 Å². The zero-order valence-corrected chi connectivity index (χ0v) is 10.1. The molecule has 0 radical (unpaired) electrons. The zero-order chi connectivity index (χ0) is 11.4. The van der Waals surface area contributed by atoms with Crippen molar-refractivity contribution in [1.29, 1.82) is 0 Å². The van der Waals surface area contributed by atoms with Gasteiger partial charge in [-0.2, -0.15) is 0 Å². The predicted molar refractivity (Wildman–Crippen MR) is 72.1 cm³/mol. The van der Waals surface area contributed by atoms with Crippen LogP contribution >= 0.6 is 0 Å². The summed E-state index contributed by atoms with van der Waals surface area (Å²) in [5, 5.41) is 5.98. The van der Waals surface area contributed by atoms with Crippen LogP contribution in [-0.2, 0) is 6.42 Å². The molecule has 0 heterocycles. The Kier molecular flexibility index (Phi) is 3.45. The Morgan fingerprint density at radius 2 is 1.75 bits per heavy atom. The molecule has 0 fully saturated rings. The summed E-state index contributed by atoms with van der Waals surface area (Å²) in [7, 11) is 1.98. The molecule has 0 aliphatic carbocycles. The summed E-state index contributed by atoms with van der Waals surface area (Å²) >= 11 is 0. The fourth-order valence-electron chi connectivity index (χ4n) is 2.16. The molecular weight excluding hydrogens is 194 g/mol. The lowest BCUT2D eigenvalue weighted by Gasteiger charge is -2.10. The van der Waals surface area contributed by atoms with E-state index in [1.54, 1.807) is 0 Å². The van der Waals surface area contributed by atoms with E-state index in [-0.39, 0.29) is 0 Å². The fourth-order valence-corrected chi connectivity index (χ4v) is 2.16. The van der Waals surface area contributed by atoms with Crippen molar-refractivity contribution >= 4 is 16.5 Å². The average molecular weight is 213 g/mol. The molecule has 2 rings (SSSR count). The molecule has 2 aromatic carbocycles. The van der Waals surface area contributed by atoms with Crippen LogP contribution < -0.4 is 5.32 Å². The van der Waals surface area contributed by atoms with Gasteiger partial charge in [0.2, 0.25) is 0 Å². The third-order valence-corrected chi connectivity index (χ3v) is 3.08. The summed E-state index contributed by atoms with van der Waals surface area (Å²) in [6, 6.07) is 13.1. The molecule has 0 aliphatic heterocycles. The molecule has 1 nitrogen and oxygen atoms in total. The van der Waals surface area contributed by atoms with Gasteiger partial charge in [-0.3, -0.25) is 0 Å². The van der Waals surface area contributed by atoms with Crippen LogP contribution in [0.25, 0.3) is 10.8 Å². The predicted octanol–water partition coefficient (Wildman–Crippen LogP) is 4.22. The number of fused-ring (bicyclic) bond motifs is 1. The van der Waals surface area contributed by atoms with Gasteiger partial charge >= 0.3 is 0 Å². The number of nitrogens with one attached hydrogen (secondary N) is 1. The summed E-state index contributed by atoms with van der Waals surface area (Å²) in [6.07, 6.45) is 3.70. The van der Waals surface area contributed by atoms with Crippen LogP contribution in [0, 0.1) is 0 Å². The lowest BCUT2D eigenvalue weighted by Crippen LogP contribution is -1.93. The molecule has 0 spiro atoms. The van der Waals surface area contributed by atoms with Crippen molar-refractivity contribution in [3.63, 3.8) is 0 Å². The lowest BCUT2D eigenvalue weighted by molar-refractivity contribution is 0.799. The minimum absolute atomic E-state index is 1.18. The minimum atomic E-state index is 1.18. The number of hydrogen-bond acceptors (Lipinski definition) is 1. The van der Waals surface area contributed by atoms with Crippen molar-refractivity contribution in [2.24, 2.45) is 0 Å². The molecule has 16 heavy (non-hydrogen) atoms. The molecule has 1 N–H and O–H groups in total. The molecule has 0 amide bonds. The Bertz CT molecular complexity index is 474. The highest BCUT2D eigenvalue weighted by Crippen LogP contribution is 2.27. The molecule has 0 saturated carbocycles. The molecule has 2 aromatic rings. The average Bonchev–Trinajstić information content (AvgIpc) is 2.36. The van der Waals surface area contributed by atoms with E-state index in [9.17, 15) is 0 Å². The van der Waals surface area contributed by atoms with Crippen LogP contribution in [0.5, 0.6) is 0 Å². The Hall–Kier alpha value is -1.50. The van der Waals surface area contributed by atoms with E-state index < -0.39 is 0 Å². The zero-order valence-electron chi connectivity index (χ0n) is 10.1. The van der Waals surface area contributed by atoms with Crippen LogP contribution in [0.3, 0.4) is 0 Å². The second-order valence-corrected chi connectivity index (χ2v) is 4.17. The van der Waals surface area contributed by atoms with Crippen molar-refractivity contribution in [3.05, 3.63) is 42.0 Å². The number of aryl methyl sites for hydroxylation is 1. The highest BCUT2D eigenvalue weighted by Gasteiger charge is 2.03. The van der Waals surface area contributed by atoms with Gasteiger partial charge in [0.1, 0.15) is 0 Å². The Labute approximate surface area is 97.5 Å². The van der Waals surface area contributed by atoms with Gasteiger partial charge in [-0.1, -0.05) is 43.7 Å². The highest BCUT2D eigenvalue weighted by atomic mass is 14.8. The van der Waals surface area contributed by atoms with Crippen LogP contribution in [0.4, 0.5) is 5.69 Å². The number of rotatable bonds is 4. The van der Waals surface area contributed by atoms with Crippen LogP contribution in [0.1, 0.15) is 25.3 Å². The van der Waals surface area contributed by atoms with E-state index in [4.69, 9.17) is 0 Å². The number of unbranched alkanes of at least 4 members (excludes halogenated alkanes) is 1. The maximum Gasteiger partial charge on any atom is 0.0417 e. The summed E-state index contributed by atoms with van der Waals surface area (Å²) in [5.41, 5.74) is 2.69. The van der Waals surface area contributed by atoms with Crippen molar-refractivity contribution in [2.45, 2.75) is 26.2 Å². The van der Waals surface area contributed by atoms with E-state index >= 15 is 0 Å². The lowest BCUT2D eigenvalue weighted by atomic mass is 9.99. The fraction of sp³-hybridized carbons (Fsp3) is 0.333. The van der Waals surface area contributed by atoms with Gasteiger partial charge in [0.15, 0.2) is 0 Å². The standard InChI is InChI=1S/C15H19N/c1-3-4-7-12-10-11-15(16-2)14-9-6-5-8-13(12)14/h5-6,8-11,16H,3-4,7H2,1-2H3. The maximum absolute atomic E-state index is 3.25. The van der Waals surface area contributed by atoms with E-state index in [0.717, 1.165) is 0 Å². The van der Waals surface area contributed by atoms with Gasteiger partial charge < -0.3 is 5.32 Å². The maximum atomic E-state index is 3.25. The van der Waals surface area contributed by atoms with Crippen LogP contribution in [0.2, 0.25) is 0 Å². The SMILES string of the molecule is CCCCc1ccc(NC)c2ccccc12. The van der Waals surface area contributed by atoms with E-state index in [2.05, 4.69) is 48.6 Å². The van der Waals surface area contributed by atoms with Gasteiger partial charge in [0, 0.05) is 18.1 Å². The monoisotopic (exact) mass is 213 g/mol. The molecule has 0 unspecified atom stereocenters. The largest absolute Gasteiger partial charge is 0.388 e. The summed E-state index contributed by atoms with van der Waals surface area (Å²) < 4.78 is 0. The van der Waals surface area contributed by atoms with Gasteiger partial charge in [0.05, 0.1) is 0 Å². The second-order valence-electron chi connectivity index (χ2n) is 4.17. The van der Waals surface area contributed by atoms with Gasteiger partial charge in [-0.15, -0.1) is 0 Å². The number of hydrogen-bond donors (Lipinski definition) is 1. The van der Waals surface area contributed by atoms with Gasteiger partial charge in [0.25, 0.3) is 0 Å². The van der Waals surface area contributed by atoms with Crippen LogP contribution in [-0.4, -0.2) is 7.05 Å². The first-order valence-electron chi connectivity index (χ1n) is 6.05. The molecule has 1 heteroatoms. The van der Waals surface area contributed by atoms with Crippen molar-refractivity contribution < 1.29 is 0 Å². The van der Waals surface area contributed by atoms with Gasteiger partial charge in [-0.05, 0) is 29.9 Å². The first kappa shape index (κ1) is 11.0. The number of anilines is 1. The summed E-state index contributed by atoms with van der Waals surface area (Å²) in [5.74, 6) is 0. The molecule has 84 valence electrons. The van der Waals surface area contributed by atoms with E-state index in [1.807, 2.05) is 7.05 Å². The molecule has 0 bridgehead atoms. The van der Waals surface area contributed by atoms with E-state index in [0.29, 0.717) is 0 Å². The third-order valence-electron chi connectivity index (χ3n) is 3.08. The first-order chi connectivity index (χ1) is 7.86. The topological polar surface area (TPSA) is 12.0 Å². The minimum Gasteiger partial charge on any atom is -0.388 e. The van der Waals surface area contributed by atoms with Gasteiger partial charge in [-0.25, -0.2) is 0 Å². The molecular formula is C15H19N. The first-order valence-corrected chi connectivity index (χ1v) is 6.05. The second kappa shape index (κ2) is 5.02. The quantitative estimate of drug-likeness (QED) is 0.801. The highest BCUT2D eigenvalue weighted by molar-refractivity contribution is 5.96. The Morgan fingerprint density at radius 1 is 1.00 bits per heavy atom. The molecule has 0 saturated heterocycles. The molecule has 0 atom stereocenters. The van der Waals surface area contributed by atoms with Crippen molar-refractivity contribution in [1.82, 2.24) is 0 Å². The third kappa shape index (κ3) is 2.04. The van der Waals surface area contributed by atoms with Crippen molar-refractivity contribution in [2.75, 3.05) is 12.4 Å². The van der Waals surface area contributed by atoms with Crippen molar-refractivity contribution in [3.8, 4) is 0 Å². The Balaban J connectivity index is 2.51. The normalized spacial score (nSPS) is 10.6. The van der Waals surface area contributed by atoms with Crippen LogP contribution in [0.15, 0.2) is 36.4 Å². The molecule has 0 aromatic heterocycles. The summed E-state index contributed by atoms with van der Waals surface area (Å²) in [6.45, 7) is 2.24. The number of benzene rings is 2. The Morgan fingerprint density at radius 3 is 2.44 bits per heavy atom. The smallest absolute Gasteiger partial charge is 0.0417 e. The molecule has 0 aliphatic rings.